The Morgan fingerprint density at radius 2 is 1.93 bits per heavy atom. The Morgan fingerprint density at radius 1 is 1.14 bits per heavy atom. The molecule has 3 rings (SSSR count). The number of halogens is 1. The van der Waals surface area contributed by atoms with E-state index in [9.17, 15) is 9.59 Å². The molecular formula is C21H23ClN2O4. The van der Waals surface area contributed by atoms with Crippen molar-refractivity contribution in [1.29, 1.82) is 0 Å². The van der Waals surface area contributed by atoms with Crippen LogP contribution in [0.5, 0.6) is 11.5 Å². The normalized spacial score (nSPS) is 12.4. The lowest BCUT2D eigenvalue weighted by Gasteiger charge is -2.20. The highest BCUT2D eigenvalue weighted by Crippen LogP contribution is 2.38. The summed E-state index contributed by atoms with van der Waals surface area (Å²) in [4.78, 5) is 25.8. The van der Waals surface area contributed by atoms with E-state index in [1.54, 1.807) is 24.0 Å². The minimum atomic E-state index is -0.163. The molecule has 1 heterocycles. The number of fused-ring (bicyclic) bond motifs is 1. The van der Waals surface area contributed by atoms with Crippen LogP contribution < -0.4 is 14.8 Å². The van der Waals surface area contributed by atoms with E-state index < -0.39 is 0 Å². The number of ether oxygens (including phenoxy) is 2. The van der Waals surface area contributed by atoms with Crippen LogP contribution in [0.25, 0.3) is 0 Å². The van der Waals surface area contributed by atoms with Gasteiger partial charge in [0.15, 0.2) is 11.5 Å². The zero-order valence-electron chi connectivity index (χ0n) is 16.0. The SMILES string of the molecule is CCN(Cc1cccc(NC(=O)Cc2cc(Cl)c3c(c2)OCCO3)c1)C(C)=O. The summed E-state index contributed by atoms with van der Waals surface area (Å²) < 4.78 is 11.0. The van der Waals surface area contributed by atoms with Crippen LogP contribution in [0.4, 0.5) is 5.69 Å². The van der Waals surface area contributed by atoms with Crippen molar-refractivity contribution in [2.45, 2.75) is 26.8 Å². The van der Waals surface area contributed by atoms with Gasteiger partial charge in [-0.1, -0.05) is 23.7 Å². The molecule has 2 aromatic rings. The summed E-state index contributed by atoms with van der Waals surface area (Å²) in [6.07, 6.45) is 0.162. The fraction of sp³-hybridized carbons (Fsp3) is 0.333. The first-order chi connectivity index (χ1) is 13.5. The van der Waals surface area contributed by atoms with Crippen LogP contribution in [0.2, 0.25) is 5.02 Å². The molecule has 0 aliphatic carbocycles. The van der Waals surface area contributed by atoms with Gasteiger partial charge in [-0.2, -0.15) is 0 Å². The highest BCUT2D eigenvalue weighted by molar-refractivity contribution is 6.32. The van der Waals surface area contributed by atoms with E-state index in [1.807, 2.05) is 31.2 Å². The van der Waals surface area contributed by atoms with Gasteiger partial charge in [-0.15, -0.1) is 0 Å². The largest absolute Gasteiger partial charge is 0.486 e. The molecule has 7 heteroatoms. The fourth-order valence-electron chi connectivity index (χ4n) is 3.07. The number of nitrogens with zero attached hydrogens (tertiary/aromatic N) is 1. The third kappa shape index (κ3) is 4.95. The Hall–Kier alpha value is -2.73. The molecule has 1 aliphatic rings. The van der Waals surface area contributed by atoms with E-state index >= 15 is 0 Å². The molecule has 0 saturated carbocycles. The van der Waals surface area contributed by atoms with Crippen molar-refractivity contribution in [3.8, 4) is 11.5 Å². The Bertz CT molecular complexity index is 885. The first kappa shape index (κ1) is 20.0. The number of rotatable bonds is 6. The van der Waals surface area contributed by atoms with Crippen molar-refractivity contribution in [3.05, 3.63) is 52.5 Å². The second-order valence-electron chi connectivity index (χ2n) is 6.56. The molecule has 0 bridgehead atoms. The molecule has 0 aromatic heterocycles. The lowest BCUT2D eigenvalue weighted by Crippen LogP contribution is -2.27. The number of carbonyl (C=O) groups is 2. The molecule has 0 atom stereocenters. The van der Waals surface area contributed by atoms with E-state index in [2.05, 4.69) is 5.32 Å². The zero-order chi connectivity index (χ0) is 20.1. The monoisotopic (exact) mass is 402 g/mol. The van der Waals surface area contributed by atoms with Gasteiger partial charge in [0.2, 0.25) is 11.8 Å². The zero-order valence-corrected chi connectivity index (χ0v) is 16.7. The standard InChI is InChI=1S/C21H23ClN2O4/c1-3-24(14(2)25)13-15-5-4-6-17(9-15)23-20(26)12-16-10-18(22)21-19(11-16)27-7-8-28-21/h4-6,9-11H,3,7-8,12-13H2,1-2H3,(H,23,26). The highest BCUT2D eigenvalue weighted by Gasteiger charge is 2.18. The van der Waals surface area contributed by atoms with Crippen molar-refractivity contribution in [2.75, 3.05) is 25.1 Å². The summed E-state index contributed by atoms with van der Waals surface area (Å²) in [5.74, 6) is 0.944. The number of nitrogens with one attached hydrogen (secondary N) is 1. The Labute approximate surface area is 169 Å². The Kier molecular flexibility index (Phi) is 6.41. The minimum Gasteiger partial charge on any atom is -0.486 e. The van der Waals surface area contributed by atoms with E-state index in [4.69, 9.17) is 21.1 Å². The second kappa shape index (κ2) is 8.97. The van der Waals surface area contributed by atoms with Crippen LogP contribution in [0.1, 0.15) is 25.0 Å². The predicted molar refractivity (Wildman–Crippen MR) is 108 cm³/mol. The maximum atomic E-state index is 12.5. The Morgan fingerprint density at radius 3 is 2.68 bits per heavy atom. The minimum absolute atomic E-state index is 0.0208. The molecule has 0 unspecified atom stereocenters. The van der Waals surface area contributed by atoms with Crippen molar-refractivity contribution in [1.82, 2.24) is 4.90 Å². The van der Waals surface area contributed by atoms with Gasteiger partial charge in [-0.25, -0.2) is 0 Å². The quantitative estimate of drug-likeness (QED) is 0.800. The number of hydrogen-bond acceptors (Lipinski definition) is 4. The molecule has 0 spiro atoms. The molecular weight excluding hydrogens is 380 g/mol. The van der Waals surface area contributed by atoms with E-state index in [0.717, 1.165) is 11.1 Å². The summed E-state index contributed by atoms with van der Waals surface area (Å²) in [6.45, 7) is 5.55. The topological polar surface area (TPSA) is 67.9 Å². The second-order valence-corrected chi connectivity index (χ2v) is 6.97. The molecule has 148 valence electrons. The highest BCUT2D eigenvalue weighted by atomic mass is 35.5. The summed E-state index contributed by atoms with van der Waals surface area (Å²) in [5, 5.41) is 3.33. The first-order valence-electron chi connectivity index (χ1n) is 9.18. The third-order valence-corrected chi connectivity index (χ3v) is 4.71. The van der Waals surface area contributed by atoms with Gasteiger partial charge in [-0.05, 0) is 42.3 Å². The van der Waals surface area contributed by atoms with E-state index in [1.165, 1.54) is 0 Å². The lowest BCUT2D eigenvalue weighted by atomic mass is 10.1. The maximum absolute atomic E-state index is 12.5. The molecule has 2 aromatic carbocycles. The van der Waals surface area contributed by atoms with Gasteiger partial charge >= 0.3 is 0 Å². The Balaban J connectivity index is 1.66. The van der Waals surface area contributed by atoms with E-state index in [-0.39, 0.29) is 18.2 Å². The number of carbonyl (C=O) groups excluding carboxylic acids is 2. The van der Waals surface area contributed by atoms with Crippen LogP contribution >= 0.6 is 11.6 Å². The molecule has 0 radical (unpaired) electrons. The van der Waals surface area contributed by atoms with Crippen molar-refractivity contribution in [2.24, 2.45) is 0 Å². The van der Waals surface area contributed by atoms with Crippen molar-refractivity contribution < 1.29 is 19.1 Å². The first-order valence-corrected chi connectivity index (χ1v) is 9.56. The number of anilines is 1. The molecule has 0 fully saturated rings. The molecule has 1 N–H and O–H groups in total. The maximum Gasteiger partial charge on any atom is 0.228 e. The average molecular weight is 403 g/mol. The van der Waals surface area contributed by atoms with Gasteiger partial charge in [-0.3, -0.25) is 9.59 Å². The van der Waals surface area contributed by atoms with Crippen molar-refractivity contribution in [3.63, 3.8) is 0 Å². The molecule has 0 saturated heterocycles. The summed E-state index contributed by atoms with van der Waals surface area (Å²) in [6, 6.07) is 11.0. The molecule has 2 amide bonds. The van der Waals surface area contributed by atoms with Gasteiger partial charge in [0.1, 0.15) is 13.2 Å². The predicted octanol–water partition coefficient (Wildman–Crippen LogP) is 3.66. The molecule has 1 aliphatic heterocycles. The smallest absolute Gasteiger partial charge is 0.228 e. The fourth-order valence-corrected chi connectivity index (χ4v) is 3.36. The van der Waals surface area contributed by atoms with Crippen LogP contribution in [-0.4, -0.2) is 36.5 Å². The lowest BCUT2D eigenvalue weighted by molar-refractivity contribution is -0.129. The average Bonchev–Trinajstić information content (AvgIpc) is 2.66. The molecule has 28 heavy (non-hydrogen) atoms. The molecule has 6 nitrogen and oxygen atoms in total. The number of amides is 2. The van der Waals surface area contributed by atoms with Crippen molar-refractivity contribution >= 4 is 29.1 Å². The van der Waals surface area contributed by atoms with Crippen LogP contribution in [-0.2, 0) is 22.6 Å². The van der Waals surface area contributed by atoms with Crippen LogP contribution in [0, 0.1) is 0 Å². The summed E-state index contributed by atoms with van der Waals surface area (Å²) in [5.41, 5.74) is 2.39. The van der Waals surface area contributed by atoms with Gasteiger partial charge < -0.3 is 19.7 Å². The van der Waals surface area contributed by atoms with E-state index in [0.29, 0.717) is 48.5 Å². The van der Waals surface area contributed by atoms with Gasteiger partial charge in [0.05, 0.1) is 11.4 Å². The van der Waals surface area contributed by atoms with Gasteiger partial charge in [0.25, 0.3) is 0 Å². The number of benzene rings is 2. The van der Waals surface area contributed by atoms with Gasteiger partial charge in [0, 0.05) is 25.7 Å². The number of hydrogen-bond donors (Lipinski definition) is 1. The summed E-state index contributed by atoms with van der Waals surface area (Å²) in [7, 11) is 0. The van der Waals surface area contributed by atoms with Crippen LogP contribution in [0.3, 0.4) is 0 Å². The summed E-state index contributed by atoms with van der Waals surface area (Å²) >= 11 is 6.23. The third-order valence-electron chi connectivity index (χ3n) is 4.43. The van der Waals surface area contributed by atoms with Crippen LogP contribution in [0.15, 0.2) is 36.4 Å².